The summed E-state index contributed by atoms with van der Waals surface area (Å²) >= 11 is 0. The van der Waals surface area contributed by atoms with Crippen LogP contribution < -0.4 is 0 Å². The molecule has 0 amide bonds. The van der Waals surface area contributed by atoms with Crippen LogP contribution in [-0.4, -0.2) is 8.07 Å². The summed E-state index contributed by atoms with van der Waals surface area (Å²) in [6.07, 6.45) is 11.8. The van der Waals surface area contributed by atoms with Crippen molar-refractivity contribution in [2.45, 2.75) is 32.4 Å². The second-order valence-corrected chi connectivity index (χ2v) is 6.77. The zero-order valence-corrected chi connectivity index (χ0v) is 7.94. The third-order valence-corrected chi connectivity index (χ3v) is 5.78. The molecule has 0 rings (SSSR count). The lowest BCUT2D eigenvalue weighted by Crippen LogP contribution is -2.31. The molecule has 0 bridgehead atoms. The van der Waals surface area contributed by atoms with Crippen molar-refractivity contribution in [1.29, 1.82) is 0 Å². The van der Waals surface area contributed by atoms with Gasteiger partial charge in [0.05, 0.1) is 0 Å². The molecule has 0 aliphatic heterocycles. The van der Waals surface area contributed by atoms with Crippen LogP contribution in [0.15, 0.2) is 0 Å². The molecule has 1 heteroatoms. The fourth-order valence-electron chi connectivity index (χ4n) is 0.734. The van der Waals surface area contributed by atoms with Gasteiger partial charge < -0.3 is 0 Å². The molecular formula is C9H14Si. The maximum atomic E-state index is 5.36. The van der Waals surface area contributed by atoms with Crippen LogP contribution in [0.3, 0.4) is 0 Å². The second-order valence-electron chi connectivity index (χ2n) is 2.80. The van der Waals surface area contributed by atoms with E-state index in [9.17, 15) is 0 Å². The van der Waals surface area contributed by atoms with Crippen molar-refractivity contribution >= 4 is 8.07 Å². The van der Waals surface area contributed by atoms with Crippen molar-refractivity contribution in [3.05, 3.63) is 0 Å². The van der Waals surface area contributed by atoms with E-state index in [1.807, 2.05) is 0 Å². The first kappa shape index (κ1) is 9.34. The Hall–Kier alpha value is -0.663. The molecule has 0 aliphatic carbocycles. The molecule has 10 heavy (non-hydrogen) atoms. The minimum Gasteiger partial charge on any atom is -0.126 e. The Morgan fingerprint density at radius 2 is 1.80 bits per heavy atom. The standard InChI is InChI=1S/C9H14Si/c1-6-9(4)10(5,7-2)8-3/h2-3,9H,6H2,1,4-5H3. The Morgan fingerprint density at radius 3 is 1.90 bits per heavy atom. The predicted octanol–water partition coefficient (Wildman–Crippen LogP) is 2.21. The lowest BCUT2D eigenvalue weighted by molar-refractivity contribution is 0.855. The highest BCUT2D eigenvalue weighted by Crippen LogP contribution is 2.22. The highest BCUT2D eigenvalue weighted by molar-refractivity contribution is 6.94. The van der Waals surface area contributed by atoms with Gasteiger partial charge in [-0.15, -0.1) is 23.9 Å². The summed E-state index contributed by atoms with van der Waals surface area (Å²) in [7, 11) is -1.75. The highest BCUT2D eigenvalue weighted by Gasteiger charge is 2.28. The Morgan fingerprint density at radius 1 is 1.40 bits per heavy atom. The van der Waals surface area contributed by atoms with Gasteiger partial charge in [0.1, 0.15) is 0 Å². The van der Waals surface area contributed by atoms with Crippen molar-refractivity contribution < 1.29 is 0 Å². The number of terminal acetylenes is 2. The van der Waals surface area contributed by atoms with E-state index in [4.69, 9.17) is 12.8 Å². The molecule has 0 N–H and O–H groups in total. The molecule has 0 heterocycles. The first-order valence-corrected chi connectivity index (χ1v) is 6.14. The summed E-state index contributed by atoms with van der Waals surface area (Å²) in [5.74, 6) is 0. The molecule has 0 aromatic carbocycles. The normalized spacial score (nSPS) is 13.3. The van der Waals surface area contributed by atoms with E-state index < -0.39 is 8.07 Å². The van der Waals surface area contributed by atoms with Crippen LogP contribution in [0.25, 0.3) is 0 Å². The van der Waals surface area contributed by atoms with Crippen LogP contribution in [0.1, 0.15) is 20.3 Å². The smallest absolute Gasteiger partial charge is 0.126 e. The average Bonchev–Trinajstić information content (AvgIpc) is 2.01. The highest BCUT2D eigenvalue weighted by atomic mass is 28.3. The van der Waals surface area contributed by atoms with Gasteiger partial charge >= 0.3 is 0 Å². The minimum absolute atomic E-state index is 0.544. The Balaban J connectivity index is 4.41. The van der Waals surface area contributed by atoms with Crippen molar-refractivity contribution in [3.63, 3.8) is 0 Å². The van der Waals surface area contributed by atoms with E-state index in [1.54, 1.807) is 0 Å². The Labute approximate surface area is 65.0 Å². The van der Waals surface area contributed by atoms with E-state index in [0.717, 1.165) is 6.42 Å². The molecule has 0 spiro atoms. The maximum Gasteiger partial charge on any atom is 0.215 e. The second kappa shape index (κ2) is 3.49. The first-order chi connectivity index (χ1) is 4.60. The minimum atomic E-state index is -1.75. The molecule has 0 saturated heterocycles. The lowest BCUT2D eigenvalue weighted by atomic mass is 10.4. The quantitative estimate of drug-likeness (QED) is 0.418. The van der Waals surface area contributed by atoms with Gasteiger partial charge in [-0.1, -0.05) is 20.3 Å². The van der Waals surface area contributed by atoms with E-state index in [1.165, 1.54) is 0 Å². The topological polar surface area (TPSA) is 0 Å². The predicted molar refractivity (Wildman–Crippen MR) is 49.0 cm³/mol. The van der Waals surface area contributed by atoms with Crippen molar-refractivity contribution in [1.82, 2.24) is 0 Å². The van der Waals surface area contributed by atoms with Crippen molar-refractivity contribution in [2.75, 3.05) is 0 Å². The SMILES string of the molecule is C#C[Si](C)(C#C)C(C)CC. The lowest BCUT2D eigenvalue weighted by Gasteiger charge is -2.20. The first-order valence-electron chi connectivity index (χ1n) is 3.56. The largest absolute Gasteiger partial charge is 0.215 e. The van der Waals surface area contributed by atoms with Gasteiger partial charge in [0, 0.05) is 0 Å². The van der Waals surface area contributed by atoms with Gasteiger partial charge in [0.25, 0.3) is 0 Å². The summed E-state index contributed by atoms with van der Waals surface area (Å²) in [4.78, 5) is 0. The summed E-state index contributed by atoms with van der Waals surface area (Å²) in [6, 6.07) is 0. The molecule has 1 atom stereocenters. The third kappa shape index (κ3) is 1.66. The van der Waals surface area contributed by atoms with Gasteiger partial charge in [-0.05, 0) is 12.1 Å². The van der Waals surface area contributed by atoms with Gasteiger partial charge in [-0.3, -0.25) is 0 Å². The molecule has 0 nitrogen and oxygen atoms in total. The zero-order chi connectivity index (χ0) is 8.20. The maximum absolute atomic E-state index is 5.36. The van der Waals surface area contributed by atoms with Crippen molar-refractivity contribution in [3.8, 4) is 23.9 Å². The molecule has 54 valence electrons. The Kier molecular flexibility index (Phi) is 3.26. The molecule has 0 radical (unpaired) electrons. The molecule has 1 unspecified atom stereocenters. The van der Waals surface area contributed by atoms with Gasteiger partial charge in [0.15, 0.2) is 0 Å². The summed E-state index contributed by atoms with van der Waals surface area (Å²) in [5, 5.41) is 0. The monoisotopic (exact) mass is 150 g/mol. The third-order valence-electron chi connectivity index (χ3n) is 2.20. The molecule has 0 aromatic heterocycles. The van der Waals surface area contributed by atoms with Crippen LogP contribution >= 0.6 is 0 Å². The van der Waals surface area contributed by atoms with Gasteiger partial charge in [-0.2, -0.15) is 0 Å². The van der Waals surface area contributed by atoms with Crippen molar-refractivity contribution in [2.24, 2.45) is 0 Å². The Bertz CT molecular complexity index is 166. The number of hydrogen-bond donors (Lipinski definition) is 0. The van der Waals surface area contributed by atoms with Gasteiger partial charge in [0.2, 0.25) is 8.07 Å². The number of hydrogen-bond acceptors (Lipinski definition) is 0. The van der Waals surface area contributed by atoms with E-state index >= 15 is 0 Å². The summed E-state index contributed by atoms with van der Waals surface area (Å²) in [5.41, 5.74) is 6.11. The fraction of sp³-hybridized carbons (Fsp3) is 0.556. The van der Waals surface area contributed by atoms with E-state index in [2.05, 4.69) is 31.5 Å². The molecule has 0 aromatic rings. The average molecular weight is 150 g/mol. The van der Waals surface area contributed by atoms with Crippen LogP contribution in [0.5, 0.6) is 0 Å². The molecule has 0 fully saturated rings. The zero-order valence-electron chi connectivity index (χ0n) is 6.94. The molecular weight excluding hydrogens is 136 g/mol. The van der Waals surface area contributed by atoms with E-state index in [0.29, 0.717) is 5.54 Å². The molecule has 0 saturated carbocycles. The molecule has 0 aliphatic rings. The van der Waals surface area contributed by atoms with Crippen LogP contribution in [0.2, 0.25) is 12.1 Å². The van der Waals surface area contributed by atoms with Crippen LogP contribution in [0.4, 0.5) is 0 Å². The van der Waals surface area contributed by atoms with E-state index in [-0.39, 0.29) is 0 Å². The summed E-state index contributed by atoms with van der Waals surface area (Å²) in [6.45, 7) is 6.34. The summed E-state index contributed by atoms with van der Waals surface area (Å²) < 4.78 is 0. The van der Waals surface area contributed by atoms with Crippen LogP contribution in [0, 0.1) is 23.9 Å². The fourth-order valence-corrected chi connectivity index (χ4v) is 2.20. The van der Waals surface area contributed by atoms with Gasteiger partial charge in [-0.25, -0.2) is 0 Å². The number of rotatable bonds is 2. The van der Waals surface area contributed by atoms with Crippen LogP contribution in [-0.2, 0) is 0 Å².